The molecule has 1 fully saturated rings. The molecule has 3 rings (SSSR count). The third-order valence-electron chi connectivity index (χ3n) is 4.74. The van der Waals surface area contributed by atoms with Crippen molar-refractivity contribution in [2.24, 2.45) is 5.41 Å². The van der Waals surface area contributed by atoms with E-state index < -0.39 is 0 Å². The third-order valence-corrected chi connectivity index (χ3v) is 4.74. The highest BCUT2D eigenvalue weighted by Crippen LogP contribution is 2.43. The summed E-state index contributed by atoms with van der Waals surface area (Å²) in [7, 11) is 1.68. The Hall–Kier alpha value is -1.48. The highest BCUT2D eigenvalue weighted by Gasteiger charge is 2.34. The van der Waals surface area contributed by atoms with Crippen LogP contribution in [0.1, 0.15) is 38.4 Å². The first-order valence-corrected chi connectivity index (χ1v) is 7.52. The second-order valence-corrected chi connectivity index (χ2v) is 5.90. The van der Waals surface area contributed by atoms with Crippen molar-refractivity contribution in [3.8, 4) is 5.75 Å². The van der Waals surface area contributed by atoms with Gasteiger partial charge in [-0.25, -0.2) is 0 Å². The van der Waals surface area contributed by atoms with Gasteiger partial charge in [0.05, 0.1) is 13.7 Å². The molecule has 0 unspecified atom stereocenters. The first-order valence-electron chi connectivity index (χ1n) is 7.52. The van der Waals surface area contributed by atoms with Gasteiger partial charge in [-0.15, -0.1) is 0 Å². The average molecular weight is 273 g/mol. The van der Waals surface area contributed by atoms with Crippen LogP contribution in [0.2, 0.25) is 0 Å². The number of ether oxygens (including phenoxy) is 1. The highest BCUT2D eigenvalue weighted by molar-refractivity contribution is 5.83. The molecule has 1 heterocycles. The lowest BCUT2D eigenvalue weighted by Gasteiger charge is -2.41. The van der Waals surface area contributed by atoms with Gasteiger partial charge in [-0.2, -0.15) is 0 Å². The number of fused-ring (bicyclic) bond motifs is 1. The van der Waals surface area contributed by atoms with Gasteiger partial charge < -0.3 is 14.5 Å². The highest BCUT2D eigenvalue weighted by atomic mass is 16.5. The van der Waals surface area contributed by atoms with Crippen LogP contribution in [0.4, 0.5) is 0 Å². The molecule has 0 saturated heterocycles. The monoisotopic (exact) mass is 273 g/mol. The van der Waals surface area contributed by atoms with Crippen LogP contribution >= 0.6 is 0 Å². The van der Waals surface area contributed by atoms with Gasteiger partial charge >= 0.3 is 0 Å². The Labute approximate surface area is 120 Å². The maximum Gasteiger partial charge on any atom is 0.176 e. The molecule has 0 aliphatic heterocycles. The Bertz CT molecular complexity index is 578. The van der Waals surface area contributed by atoms with Crippen LogP contribution in [0.25, 0.3) is 11.0 Å². The summed E-state index contributed by atoms with van der Waals surface area (Å²) in [5.41, 5.74) is 1.39. The standard InChI is InChI=1S/C17H23NO2/c1-3-17(8-5-9-17)12-18-11-14-10-13-6-4-7-15(19-2)16(13)20-14/h4,6-7,10,18H,3,5,8-9,11-12H2,1-2H3. The van der Waals surface area contributed by atoms with E-state index in [0.29, 0.717) is 5.41 Å². The van der Waals surface area contributed by atoms with Crippen molar-refractivity contribution in [3.63, 3.8) is 0 Å². The fourth-order valence-corrected chi connectivity index (χ4v) is 3.12. The van der Waals surface area contributed by atoms with E-state index in [4.69, 9.17) is 9.15 Å². The Kier molecular flexibility index (Phi) is 3.70. The number of hydrogen-bond acceptors (Lipinski definition) is 3. The van der Waals surface area contributed by atoms with Crippen molar-refractivity contribution in [1.82, 2.24) is 5.32 Å². The lowest BCUT2D eigenvalue weighted by molar-refractivity contribution is 0.123. The summed E-state index contributed by atoms with van der Waals surface area (Å²) < 4.78 is 11.2. The fourth-order valence-electron chi connectivity index (χ4n) is 3.12. The van der Waals surface area contributed by atoms with E-state index in [1.165, 1.54) is 25.7 Å². The van der Waals surface area contributed by atoms with E-state index in [1.54, 1.807) is 7.11 Å². The molecule has 2 aromatic rings. The van der Waals surface area contributed by atoms with Gasteiger partial charge in [0.25, 0.3) is 0 Å². The van der Waals surface area contributed by atoms with Crippen LogP contribution in [0.3, 0.4) is 0 Å². The van der Waals surface area contributed by atoms with Crippen molar-refractivity contribution in [2.45, 2.75) is 39.2 Å². The van der Waals surface area contributed by atoms with Gasteiger partial charge in [0.15, 0.2) is 11.3 Å². The van der Waals surface area contributed by atoms with Gasteiger partial charge in [0.2, 0.25) is 0 Å². The Balaban J connectivity index is 1.66. The van der Waals surface area contributed by atoms with Crippen LogP contribution in [0.15, 0.2) is 28.7 Å². The number of para-hydroxylation sites is 1. The van der Waals surface area contributed by atoms with E-state index in [-0.39, 0.29) is 0 Å². The molecule has 1 aromatic carbocycles. The molecule has 3 heteroatoms. The minimum Gasteiger partial charge on any atom is -0.493 e. The lowest BCUT2D eigenvalue weighted by Crippen LogP contribution is -2.39. The molecule has 20 heavy (non-hydrogen) atoms. The Morgan fingerprint density at radius 3 is 2.85 bits per heavy atom. The molecule has 1 aromatic heterocycles. The Morgan fingerprint density at radius 2 is 2.20 bits per heavy atom. The van der Waals surface area contributed by atoms with E-state index in [0.717, 1.165) is 35.6 Å². The molecule has 1 saturated carbocycles. The zero-order valence-electron chi connectivity index (χ0n) is 12.4. The van der Waals surface area contributed by atoms with Gasteiger partial charge in [-0.05, 0) is 36.8 Å². The lowest BCUT2D eigenvalue weighted by atomic mass is 9.67. The molecule has 0 atom stereocenters. The van der Waals surface area contributed by atoms with Crippen LogP contribution in [-0.2, 0) is 6.54 Å². The zero-order valence-corrected chi connectivity index (χ0v) is 12.4. The summed E-state index contributed by atoms with van der Waals surface area (Å²) in [5.74, 6) is 1.79. The summed E-state index contributed by atoms with van der Waals surface area (Å²) in [6.45, 7) is 4.18. The Morgan fingerprint density at radius 1 is 1.35 bits per heavy atom. The maximum absolute atomic E-state index is 5.90. The van der Waals surface area contributed by atoms with Crippen LogP contribution in [0.5, 0.6) is 5.75 Å². The van der Waals surface area contributed by atoms with Crippen molar-refractivity contribution in [2.75, 3.05) is 13.7 Å². The topological polar surface area (TPSA) is 34.4 Å². The molecular weight excluding hydrogens is 250 g/mol. The minimum atomic E-state index is 0.545. The molecule has 1 N–H and O–H groups in total. The summed E-state index contributed by atoms with van der Waals surface area (Å²) in [4.78, 5) is 0. The number of hydrogen-bond donors (Lipinski definition) is 1. The summed E-state index contributed by atoms with van der Waals surface area (Å²) in [6, 6.07) is 8.09. The van der Waals surface area contributed by atoms with Gasteiger partial charge in [0.1, 0.15) is 5.76 Å². The maximum atomic E-state index is 5.90. The van der Waals surface area contributed by atoms with Crippen molar-refractivity contribution < 1.29 is 9.15 Å². The first kappa shape index (κ1) is 13.5. The summed E-state index contributed by atoms with van der Waals surface area (Å²) in [5, 5.41) is 4.67. The molecule has 0 spiro atoms. The smallest absolute Gasteiger partial charge is 0.176 e. The summed E-state index contributed by atoms with van der Waals surface area (Å²) >= 11 is 0. The van der Waals surface area contributed by atoms with Gasteiger partial charge in [0, 0.05) is 11.9 Å². The second kappa shape index (κ2) is 5.49. The average Bonchev–Trinajstić information content (AvgIpc) is 2.84. The number of benzene rings is 1. The van der Waals surface area contributed by atoms with Crippen LogP contribution < -0.4 is 10.1 Å². The molecule has 0 bridgehead atoms. The molecule has 108 valence electrons. The van der Waals surface area contributed by atoms with Gasteiger partial charge in [-0.3, -0.25) is 0 Å². The molecule has 1 aliphatic carbocycles. The quantitative estimate of drug-likeness (QED) is 0.860. The largest absolute Gasteiger partial charge is 0.493 e. The van der Waals surface area contributed by atoms with E-state index >= 15 is 0 Å². The zero-order chi connectivity index (χ0) is 14.0. The number of furan rings is 1. The molecule has 0 radical (unpaired) electrons. The van der Waals surface area contributed by atoms with Crippen molar-refractivity contribution in [1.29, 1.82) is 0 Å². The van der Waals surface area contributed by atoms with E-state index in [9.17, 15) is 0 Å². The van der Waals surface area contributed by atoms with E-state index in [1.807, 2.05) is 12.1 Å². The number of nitrogens with one attached hydrogen (secondary N) is 1. The predicted molar refractivity (Wildman–Crippen MR) is 81.0 cm³/mol. The number of methoxy groups -OCH3 is 1. The van der Waals surface area contributed by atoms with E-state index in [2.05, 4.69) is 24.4 Å². The second-order valence-electron chi connectivity index (χ2n) is 5.90. The predicted octanol–water partition coefficient (Wildman–Crippen LogP) is 4.11. The third kappa shape index (κ3) is 2.42. The normalized spacial score (nSPS) is 17.1. The molecule has 1 aliphatic rings. The minimum absolute atomic E-state index is 0.545. The van der Waals surface area contributed by atoms with Crippen molar-refractivity contribution in [3.05, 3.63) is 30.0 Å². The SMILES string of the molecule is CCC1(CNCc2cc3cccc(OC)c3o2)CCC1. The van der Waals surface area contributed by atoms with Crippen molar-refractivity contribution >= 4 is 11.0 Å². The number of rotatable bonds is 6. The first-order chi connectivity index (χ1) is 9.76. The molecular formula is C17H23NO2. The van der Waals surface area contributed by atoms with Gasteiger partial charge in [-0.1, -0.05) is 25.5 Å². The molecule has 3 nitrogen and oxygen atoms in total. The summed E-state index contributed by atoms with van der Waals surface area (Å²) in [6.07, 6.45) is 5.39. The van der Waals surface area contributed by atoms with Crippen LogP contribution in [0, 0.1) is 5.41 Å². The molecule has 0 amide bonds. The fraction of sp³-hybridized carbons (Fsp3) is 0.529. The van der Waals surface area contributed by atoms with Crippen LogP contribution in [-0.4, -0.2) is 13.7 Å².